The van der Waals surface area contributed by atoms with Crippen LogP contribution in [0.1, 0.15) is 32.1 Å². The Morgan fingerprint density at radius 2 is 1.81 bits per heavy atom. The van der Waals surface area contributed by atoms with Crippen LogP contribution in [0.3, 0.4) is 0 Å². The Labute approximate surface area is 94.7 Å². The van der Waals surface area contributed by atoms with E-state index >= 15 is 0 Å². The number of aliphatic hydroxyl groups is 1. The van der Waals surface area contributed by atoms with Crippen LogP contribution in [0.4, 0.5) is 0 Å². The molecule has 1 fully saturated rings. The Bertz CT molecular complexity index is 332. The maximum atomic E-state index is 11.4. The van der Waals surface area contributed by atoms with Gasteiger partial charge in [-0.2, -0.15) is 0 Å². The van der Waals surface area contributed by atoms with Crippen LogP contribution < -0.4 is 4.72 Å². The summed E-state index contributed by atoms with van der Waals surface area (Å²) in [5.41, 5.74) is 0. The summed E-state index contributed by atoms with van der Waals surface area (Å²) in [5, 5.41) is 17.6. The third kappa shape index (κ3) is 4.91. The quantitative estimate of drug-likeness (QED) is 0.621. The van der Waals surface area contributed by atoms with Gasteiger partial charge in [0.2, 0.25) is 10.0 Å². The Morgan fingerprint density at radius 1 is 1.25 bits per heavy atom. The maximum Gasteiger partial charge on any atom is 0.304 e. The third-order valence-electron chi connectivity index (χ3n) is 2.63. The zero-order valence-corrected chi connectivity index (χ0v) is 9.74. The van der Waals surface area contributed by atoms with Crippen LogP contribution in [-0.4, -0.2) is 42.5 Å². The van der Waals surface area contributed by atoms with Crippen molar-refractivity contribution in [3.63, 3.8) is 0 Å². The summed E-state index contributed by atoms with van der Waals surface area (Å²) in [7, 11) is -3.51. The fourth-order valence-electron chi connectivity index (χ4n) is 1.73. The predicted molar refractivity (Wildman–Crippen MR) is 57.4 cm³/mol. The summed E-state index contributed by atoms with van der Waals surface area (Å²) >= 11 is 0. The summed E-state index contributed by atoms with van der Waals surface area (Å²) < 4.78 is 25.4. The lowest BCUT2D eigenvalue weighted by molar-refractivity contribution is -0.136. The van der Waals surface area contributed by atoms with Gasteiger partial charge in [-0.25, -0.2) is 13.1 Å². The van der Waals surface area contributed by atoms with Gasteiger partial charge in [0, 0.05) is 6.04 Å². The molecule has 0 radical (unpaired) electrons. The first-order chi connectivity index (χ1) is 7.39. The lowest BCUT2D eigenvalue weighted by Gasteiger charge is -2.25. The third-order valence-corrected chi connectivity index (χ3v) is 4.06. The molecule has 94 valence electrons. The van der Waals surface area contributed by atoms with E-state index in [0.717, 1.165) is 0 Å². The van der Waals surface area contributed by atoms with Gasteiger partial charge in [0.05, 0.1) is 18.3 Å². The first-order valence-corrected chi connectivity index (χ1v) is 6.94. The van der Waals surface area contributed by atoms with E-state index in [0.29, 0.717) is 25.7 Å². The normalized spacial score (nSPS) is 26.6. The highest BCUT2D eigenvalue weighted by molar-refractivity contribution is 7.89. The molecule has 3 N–H and O–H groups in total. The second kappa shape index (κ2) is 5.60. The zero-order valence-electron chi connectivity index (χ0n) is 8.92. The first kappa shape index (κ1) is 13.4. The number of hydrogen-bond donors (Lipinski definition) is 3. The molecule has 7 heteroatoms. The molecule has 1 aliphatic rings. The molecule has 0 aromatic rings. The van der Waals surface area contributed by atoms with Gasteiger partial charge < -0.3 is 10.2 Å². The number of hydrogen-bond acceptors (Lipinski definition) is 4. The van der Waals surface area contributed by atoms with Gasteiger partial charge in [-0.15, -0.1) is 0 Å². The molecule has 1 saturated carbocycles. The van der Waals surface area contributed by atoms with Crippen molar-refractivity contribution >= 4 is 16.0 Å². The Balaban J connectivity index is 2.37. The van der Waals surface area contributed by atoms with Crippen LogP contribution in [0, 0.1) is 0 Å². The van der Waals surface area contributed by atoms with Crippen molar-refractivity contribution in [2.24, 2.45) is 0 Å². The SMILES string of the molecule is O=C(O)CCS(=O)(=O)NC1CCC(O)CC1. The van der Waals surface area contributed by atoms with Crippen LogP contribution >= 0.6 is 0 Å². The second-order valence-electron chi connectivity index (χ2n) is 4.09. The van der Waals surface area contributed by atoms with E-state index in [2.05, 4.69) is 4.72 Å². The number of carboxylic acids is 1. The molecule has 0 aromatic carbocycles. The number of nitrogens with one attached hydrogen (secondary N) is 1. The first-order valence-electron chi connectivity index (χ1n) is 5.29. The molecule has 0 spiro atoms. The van der Waals surface area contributed by atoms with Gasteiger partial charge in [0.15, 0.2) is 0 Å². The minimum atomic E-state index is -3.51. The van der Waals surface area contributed by atoms with Gasteiger partial charge in [-0.1, -0.05) is 0 Å². The summed E-state index contributed by atoms with van der Waals surface area (Å²) in [4.78, 5) is 10.3. The van der Waals surface area contributed by atoms with Crippen molar-refractivity contribution in [2.45, 2.75) is 44.2 Å². The lowest BCUT2D eigenvalue weighted by atomic mass is 9.94. The number of rotatable bonds is 5. The monoisotopic (exact) mass is 251 g/mol. The summed E-state index contributed by atoms with van der Waals surface area (Å²) in [6.07, 6.45) is 1.67. The van der Waals surface area contributed by atoms with E-state index < -0.39 is 16.0 Å². The van der Waals surface area contributed by atoms with Crippen LogP contribution in [0.15, 0.2) is 0 Å². The summed E-state index contributed by atoms with van der Waals surface area (Å²) in [6.45, 7) is 0. The Morgan fingerprint density at radius 3 is 2.31 bits per heavy atom. The number of aliphatic hydroxyl groups excluding tert-OH is 1. The lowest BCUT2D eigenvalue weighted by Crippen LogP contribution is -2.40. The molecule has 0 atom stereocenters. The minimum absolute atomic E-state index is 0.165. The van der Waals surface area contributed by atoms with Crippen molar-refractivity contribution in [3.05, 3.63) is 0 Å². The average molecular weight is 251 g/mol. The van der Waals surface area contributed by atoms with Crippen molar-refractivity contribution < 1.29 is 23.4 Å². The van der Waals surface area contributed by atoms with Crippen LogP contribution in [0.5, 0.6) is 0 Å². The maximum absolute atomic E-state index is 11.4. The number of carbonyl (C=O) groups is 1. The highest BCUT2D eigenvalue weighted by Gasteiger charge is 2.23. The molecule has 0 heterocycles. The molecule has 1 aliphatic carbocycles. The molecule has 6 nitrogen and oxygen atoms in total. The number of carboxylic acid groups (broad SMARTS) is 1. The van der Waals surface area contributed by atoms with Crippen molar-refractivity contribution in [1.29, 1.82) is 0 Å². The molecule has 0 unspecified atom stereocenters. The van der Waals surface area contributed by atoms with Crippen molar-refractivity contribution in [1.82, 2.24) is 4.72 Å². The number of sulfonamides is 1. The molecule has 0 aliphatic heterocycles. The fraction of sp³-hybridized carbons (Fsp3) is 0.889. The average Bonchev–Trinajstić information content (AvgIpc) is 2.19. The molecule has 0 aromatic heterocycles. The van der Waals surface area contributed by atoms with E-state index in [1.54, 1.807) is 0 Å². The van der Waals surface area contributed by atoms with E-state index in [1.807, 2.05) is 0 Å². The Kier molecular flexibility index (Phi) is 4.69. The standard InChI is InChI=1S/C9H17NO5S/c11-8-3-1-7(2-4-8)10-16(14,15)6-5-9(12)13/h7-8,10-11H,1-6H2,(H,12,13). The second-order valence-corrected chi connectivity index (χ2v) is 5.96. The van der Waals surface area contributed by atoms with Crippen molar-refractivity contribution in [2.75, 3.05) is 5.75 Å². The highest BCUT2D eigenvalue weighted by Crippen LogP contribution is 2.18. The van der Waals surface area contributed by atoms with Gasteiger partial charge in [0.1, 0.15) is 0 Å². The summed E-state index contributed by atoms with van der Waals surface area (Å²) in [5.74, 6) is -1.51. The highest BCUT2D eigenvalue weighted by atomic mass is 32.2. The fourth-order valence-corrected chi connectivity index (χ4v) is 3.03. The van der Waals surface area contributed by atoms with E-state index in [-0.39, 0.29) is 24.3 Å². The van der Waals surface area contributed by atoms with E-state index in [4.69, 9.17) is 5.11 Å². The largest absolute Gasteiger partial charge is 0.481 e. The molecular formula is C9H17NO5S. The predicted octanol–water partition coefficient (Wildman–Crippen LogP) is -0.316. The van der Waals surface area contributed by atoms with Gasteiger partial charge in [-0.3, -0.25) is 4.79 Å². The van der Waals surface area contributed by atoms with E-state index in [1.165, 1.54) is 0 Å². The number of aliphatic carboxylic acids is 1. The molecule has 0 amide bonds. The van der Waals surface area contributed by atoms with Crippen molar-refractivity contribution in [3.8, 4) is 0 Å². The molecule has 0 saturated heterocycles. The minimum Gasteiger partial charge on any atom is -0.481 e. The molecular weight excluding hydrogens is 234 g/mol. The van der Waals surface area contributed by atoms with Gasteiger partial charge in [-0.05, 0) is 25.7 Å². The van der Waals surface area contributed by atoms with E-state index in [9.17, 15) is 18.3 Å². The van der Waals surface area contributed by atoms with Gasteiger partial charge in [0.25, 0.3) is 0 Å². The smallest absolute Gasteiger partial charge is 0.304 e. The van der Waals surface area contributed by atoms with Crippen LogP contribution in [0.25, 0.3) is 0 Å². The molecule has 1 rings (SSSR count). The Hall–Kier alpha value is -0.660. The van der Waals surface area contributed by atoms with Crippen LogP contribution in [0.2, 0.25) is 0 Å². The molecule has 16 heavy (non-hydrogen) atoms. The zero-order chi connectivity index (χ0) is 12.2. The van der Waals surface area contributed by atoms with Gasteiger partial charge >= 0.3 is 5.97 Å². The topological polar surface area (TPSA) is 104 Å². The van der Waals surface area contributed by atoms with Crippen LogP contribution in [-0.2, 0) is 14.8 Å². The molecule has 0 bridgehead atoms. The summed E-state index contributed by atoms with van der Waals surface area (Å²) in [6, 6.07) is -0.165.